The van der Waals surface area contributed by atoms with Crippen molar-refractivity contribution >= 4 is 40.1 Å². The first-order valence-electron chi connectivity index (χ1n) is 17.4. The average Bonchev–Trinajstić information content (AvgIpc) is 3.11. The molecule has 0 radical (unpaired) electrons. The highest BCUT2D eigenvalue weighted by atomic mass is 35.5. The van der Waals surface area contributed by atoms with Gasteiger partial charge < -0.3 is 24.3 Å². The zero-order valence-electron chi connectivity index (χ0n) is 28.1. The molecular weight excluding hydrogens is 638 g/mol. The number of benzene rings is 3. The van der Waals surface area contributed by atoms with Gasteiger partial charge in [-0.05, 0) is 86.1 Å². The van der Waals surface area contributed by atoms with Crippen LogP contribution in [0.25, 0.3) is 11.0 Å². The first kappa shape index (κ1) is 34.3. The van der Waals surface area contributed by atoms with E-state index in [2.05, 4.69) is 41.4 Å². The third kappa shape index (κ3) is 8.92. The minimum atomic E-state index is -0.447. The topological polar surface area (TPSA) is 92.1 Å². The Balaban J connectivity index is 1.17. The predicted octanol–water partition coefficient (Wildman–Crippen LogP) is 7.71. The van der Waals surface area contributed by atoms with Crippen LogP contribution in [0.2, 0.25) is 5.02 Å². The summed E-state index contributed by atoms with van der Waals surface area (Å²) in [5.41, 5.74) is 4.69. The van der Waals surface area contributed by atoms with Crippen LogP contribution in [0.4, 0.5) is 5.69 Å². The third-order valence-electron chi connectivity index (χ3n) is 9.33. The summed E-state index contributed by atoms with van der Waals surface area (Å²) in [6.45, 7) is 5.79. The molecular formula is C40H44ClN3O5. The quantitative estimate of drug-likeness (QED) is 0.122. The second-order valence-electron chi connectivity index (χ2n) is 13.0. The second-order valence-corrected chi connectivity index (χ2v) is 13.4. The number of hydrogen-bond donors (Lipinski definition) is 1. The molecule has 2 aliphatic rings. The van der Waals surface area contributed by atoms with Crippen molar-refractivity contribution in [3.63, 3.8) is 0 Å². The first-order valence-corrected chi connectivity index (χ1v) is 17.8. The monoisotopic (exact) mass is 681 g/mol. The lowest BCUT2D eigenvalue weighted by Gasteiger charge is -2.34. The van der Waals surface area contributed by atoms with Crippen LogP contribution in [0.3, 0.4) is 0 Å². The van der Waals surface area contributed by atoms with E-state index < -0.39 is 5.91 Å². The van der Waals surface area contributed by atoms with Crippen LogP contribution in [0, 0.1) is 0 Å². The van der Waals surface area contributed by atoms with E-state index in [0.717, 1.165) is 63.7 Å². The number of anilines is 1. The summed E-state index contributed by atoms with van der Waals surface area (Å²) < 4.78 is 11.7. The molecule has 8 nitrogen and oxygen atoms in total. The summed E-state index contributed by atoms with van der Waals surface area (Å²) in [6, 6.07) is 22.0. The third-order valence-corrected chi connectivity index (χ3v) is 9.58. The van der Waals surface area contributed by atoms with Gasteiger partial charge in [0.05, 0.1) is 18.0 Å². The number of hydrogen-bond acceptors (Lipinski definition) is 6. The van der Waals surface area contributed by atoms with Gasteiger partial charge in [-0.3, -0.25) is 14.4 Å². The molecule has 9 heteroatoms. The molecule has 2 aliphatic heterocycles. The lowest BCUT2D eigenvalue weighted by molar-refractivity contribution is -0.133. The molecule has 3 aromatic carbocycles. The molecule has 0 unspecified atom stereocenters. The van der Waals surface area contributed by atoms with E-state index in [4.69, 9.17) is 20.8 Å². The van der Waals surface area contributed by atoms with E-state index in [9.17, 15) is 14.4 Å². The number of nitrogens with zero attached hydrogens (tertiary/aromatic N) is 2. The van der Waals surface area contributed by atoms with Crippen molar-refractivity contribution in [3.05, 3.63) is 117 Å². The number of piperidine rings is 2. The fraction of sp³-hybridized carbons (Fsp3) is 0.375. The number of halogens is 1. The van der Waals surface area contributed by atoms with Crippen LogP contribution >= 0.6 is 11.6 Å². The SMILES string of the molecule is CCCCOc1ccc2oc(C(=O)N[C@@H](C=C3CCN(c4ccccc4CN4CCCCC4=O)CC3)Cc3ccc(Cl)cc3)cc(=O)c2c1. The fourth-order valence-corrected chi connectivity index (χ4v) is 6.74. The smallest absolute Gasteiger partial charge is 0.287 e. The van der Waals surface area contributed by atoms with Gasteiger partial charge >= 0.3 is 0 Å². The molecule has 49 heavy (non-hydrogen) atoms. The Morgan fingerprint density at radius 1 is 0.980 bits per heavy atom. The lowest BCUT2D eigenvalue weighted by atomic mass is 9.97. The number of likely N-dealkylation sites (tertiary alicyclic amines) is 1. The van der Waals surface area contributed by atoms with Crippen LogP contribution in [-0.2, 0) is 17.8 Å². The molecule has 0 saturated carbocycles. The molecule has 3 heterocycles. The van der Waals surface area contributed by atoms with Crippen molar-refractivity contribution in [2.45, 2.75) is 70.9 Å². The zero-order valence-corrected chi connectivity index (χ0v) is 28.8. The second kappa shape index (κ2) is 16.2. The fourth-order valence-electron chi connectivity index (χ4n) is 6.61. The standard InChI is InChI=1S/C40H44ClN3O5/c1-2-3-22-48-33-15-16-37-34(25-33)36(45)26-38(49-37)40(47)42-32(23-28-11-13-31(41)14-12-28)24-29-17-20-43(21-18-29)35-9-5-4-8-30(35)27-44-19-7-6-10-39(44)46/h4-5,8-9,11-16,24-26,32H,2-3,6-7,10,17-23,27H2,1H3,(H,42,47)/t32-/m1/s1. The number of carbonyl (C=O) groups is 2. The number of rotatable bonds is 12. The Hall–Kier alpha value is -4.56. The molecule has 0 spiro atoms. The maximum atomic E-state index is 13.6. The molecule has 0 bridgehead atoms. The maximum Gasteiger partial charge on any atom is 0.287 e. The molecule has 2 amide bonds. The Bertz CT molecular complexity index is 1860. The number of nitrogens with one attached hydrogen (secondary N) is 1. The minimum absolute atomic E-state index is 0.0322. The van der Waals surface area contributed by atoms with E-state index in [1.54, 1.807) is 18.2 Å². The van der Waals surface area contributed by atoms with Crippen LogP contribution in [-0.4, -0.2) is 49.0 Å². The number of amides is 2. The Morgan fingerprint density at radius 3 is 2.55 bits per heavy atom. The highest BCUT2D eigenvalue weighted by Gasteiger charge is 2.23. The van der Waals surface area contributed by atoms with Crippen molar-refractivity contribution in [2.24, 2.45) is 0 Å². The van der Waals surface area contributed by atoms with Gasteiger partial charge in [0.1, 0.15) is 11.3 Å². The zero-order chi connectivity index (χ0) is 34.2. The van der Waals surface area contributed by atoms with E-state index >= 15 is 0 Å². The Labute approximate surface area is 292 Å². The average molecular weight is 682 g/mol. The van der Waals surface area contributed by atoms with Crippen molar-refractivity contribution in [1.82, 2.24) is 10.2 Å². The first-order chi connectivity index (χ1) is 23.9. The molecule has 256 valence electrons. The van der Waals surface area contributed by atoms with Crippen molar-refractivity contribution < 1.29 is 18.7 Å². The molecule has 0 aliphatic carbocycles. The van der Waals surface area contributed by atoms with E-state index in [0.29, 0.717) is 47.7 Å². The number of unbranched alkanes of at least 4 members (excludes halogenated alkanes) is 1. The van der Waals surface area contributed by atoms with Crippen LogP contribution in [0.1, 0.15) is 73.6 Å². The molecule has 1 N–H and O–H groups in total. The maximum absolute atomic E-state index is 13.6. The van der Waals surface area contributed by atoms with Gasteiger partial charge in [-0.15, -0.1) is 0 Å². The lowest BCUT2D eigenvalue weighted by Crippen LogP contribution is -2.37. The van der Waals surface area contributed by atoms with Gasteiger partial charge in [0, 0.05) is 49.4 Å². The summed E-state index contributed by atoms with van der Waals surface area (Å²) in [5, 5.41) is 4.15. The van der Waals surface area contributed by atoms with Gasteiger partial charge in [0.25, 0.3) is 5.91 Å². The van der Waals surface area contributed by atoms with Gasteiger partial charge in [-0.25, -0.2) is 0 Å². The summed E-state index contributed by atoms with van der Waals surface area (Å²) in [6.07, 6.45) is 9.01. The normalized spacial score (nSPS) is 15.7. The van der Waals surface area contributed by atoms with Crippen molar-refractivity contribution in [2.75, 3.05) is 31.1 Å². The highest BCUT2D eigenvalue weighted by molar-refractivity contribution is 6.30. The summed E-state index contributed by atoms with van der Waals surface area (Å²) >= 11 is 6.15. The van der Waals surface area contributed by atoms with E-state index in [1.807, 2.05) is 35.2 Å². The highest BCUT2D eigenvalue weighted by Crippen LogP contribution is 2.29. The summed E-state index contributed by atoms with van der Waals surface area (Å²) in [4.78, 5) is 43.6. The summed E-state index contributed by atoms with van der Waals surface area (Å²) in [7, 11) is 0. The molecule has 2 fully saturated rings. The molecule has 1 atom stereocenters. The van der Waals surface area contributed by atoms with Crippen LogP contribution < -0.4 is 20.4 Å². The Kier molecular flexibility index (Phi) is 11.4. The van der Waals surface area contributed by atoms with Gasteiger partial charge in [0.2, 0.25) is 5.91 Å². The van der Waals surface area contributed by atoms with Crippen molar-refractivity contribution in [3.8, 4) is 5.75 Å². The predicted molar refractivity (Wildman–Crippen MR) is 195 cm³/mol. The largest absolute Gasteiger partial charge is 0.494 e. The molecule has 4 aromatic rings. The number of para-hydroxylation sites is 1. The number of ether oxygens (including phenoxy) is 1. The van der Waals surface area contributed by atoms with Gasteiger partial charge in [-0.1, -0.05) is 66.9 Å². The molecule has 1 aromatic heterocycles. The van der Waals surface area contributed by atoms with E-state index in [1.165, 1.54) is 22.9 Å². The molecule has 6 rings (SSSR count). The van der Waals surface area contributed by atoms with E-state index in [-0.39, 0.29) is 23.1 Å². The number of carbonyl (C=O) groups excluding carboxylic acids is 2. The van der Waals surface area contributed by atoms with Crippen LogP contribution in [0.15, 0.2) is 93.7 Å². The van der Waals surface area contributed by atoms with Crippen molar-refractivity contribution in [1.29, 1.82) is 0 Å². The minimum Gasteiger partial charge on any atom is -0.494 e. The Morgan fingerprint density at radius 2 is 1.78 bits per heavy atom. The summed E-state index contributed by atoms with van der Waals surface area (Å²) in [5.74, 6) is 0.363. The van der Waals surface area contributed by atoms with Gasteiger partial charge in [-0.2, -0.15) is 0 Å². The number of fused-ring (bicyclic) bond motifs is 1. The van der Waals surface area contributed by atoms with Crippen LogP contribution in [0.5, 0.6) is 5.75 Å². The molecule has 2 saturated heterocycles. The van der Waals surface area contributed by atoms with Gasteiger partial charge in [0.15, 0.2) is 11.2 Å².